The molecule has 0 radical (unpaired) electrons. The van der Waals surface area contributed by atoms with Crippen LogP contribution >= 0.6 is 11.6 Å². The maximum Gasteiger partial charge on any atom is 0.150 e. The number of halogens is 1. The van der Waals surface area contributed by atoms with Gasteiger partial charge in [0, 0.05) is 12.1 Å². The van der Waals surface area contributed by atoms with Crippen LogP contribution in [0.15, 0.2) is 12.1 Å². The van der Waals surface area contributed by atoms with E-state index in [0.29, 0.717) is 11.6 Å². The summed E-state index contributed by atoms with van der Waals surface area (Å²) in [6, 6.07) is 4.44. The van der Waals surface area contributed by atoms with Gasteiger partial charge in [0.15, 0.2) is 5.65 Å². The van der Waals surface area contributed by atoms with Crippen molar-refractivity contribution in [1.82, 2.24) is 14.5 Å². The Balaban J connectivity index is 0.000000488. The number of benzene rings is 1. The van der Waals surface area contributed by atoms with E-state index in [9.17, 15) is 0 Å². The monoisotopic (exact) mass is 458 g/mol. The Labute approximate surface area is 200 Å². The smallest absolute Gasteiger partial charge is 0.150 e. The van der Waals surface area contributed by atoms with Crippen molar-refractivity contribution < 1.29 is 0 Å². The number of nitrogens with zero attached hydrogens (tertiary/aromatic N) is 3. The molecule has 3 rings (SSSR count). The minimum absolute atomic E-state index is 0.577. The summed E-state index contributed by atoms with van der Waals surface area (Å²) in [6.07, 6.45) is 9.39. The van der Waals surface area contributed by atoms with Gasteiger partial charge >= 0.3 is 0 Å². The number of aryl methyl sites for hydroxylation is 5. The molecule has 1 aromatic carbocycles. The molecule has 0 aliphatic heterocycles. The Morgan fingerprint density at radius 1 is 0.844 bits per heavy atom. The van der Waals surface area contributed by atoms with Gasteiger partial charge in [-0.1, -0.05) is 70.6 Å². The highest BCUT2D eigenvalue weighted by atomic mass is 35.5. The molecule has 0 unspecified atom stereocenters. The molecule has 0 bridgehead atoms. The molecular formula is C27H43ClN4. The van der Waals surface area contributed by atoms with Gasteiger partial charge in [0.1, 0.15) is 11.6 Å². The van der Waals surface area contributed by atoms with Crippen LogP contribution in [0.1, 0.15) is 86.6 Å². The van der Waals surface area contributed by atoms with E-state index in [2.05, 4.69) is 81.8 Å². The van der Waals surface area contributed by atoms with Crippen molar-refractivity contribution in [2.75, 3.05) is 12.1 Å². The standard InChI is InChI=1S/C19H24N4.C7H16.CH3Cl/c1-7-15-13(5)23(17-11(3)8-10(2)9-12(17)4)19-16(15)18(20)21-14(6)22-19;1-3-5-7-6-4-2;1-2/h8-9H,7H2,1-6H3,(H2,20,21,22);3-7H2,1-2H3;1H3. The van der Waals surface area contributed by atoms with Crippen LogP contribution in [-0.4, -0.2) is 20.9 Å². The molecule has 0 spiro atoms. The normalized spacial score (nSPS) is 10.4. The summed E-state index contributed by atoms with van der Waals surface area (Å²) in [5, 5.41) is 0.995. The molecule has 3 aromatic rings. The van der Waals surface area contributed by atoms with Crippen molar-refractivity contribution in [1.29, 1.82) is 0 Å². The minimum Gasteiger partial charge on any atom is -0.383 e. The molecule has 0 atom stereocenters. The number of rotatable bonds is 6. The lowest BCUT2D eigenvalue weighted by molar-refractivity contribution is 0.656. The predicted octanol–water partition coefficient (Wildman–Crippen LogP) is 7.94. The number of anilines is 1. The number of nitrogen functional groups attached to an aromatic ring is 1. The summed E-state index contributed by atoms with van der Waals surface area (Å²) in [4.78, 5) is 9.09. The fourth-order valence-corrected chi connectivity index (χ4v) is 4.41. The van der Waals surface area contributed by atoms with Gasteiger partial charge in [-0.15, -0.1) is 11.6 Å². The number of aromatic nitrogens is 3. The van der Waals surface area contributed by atoms with Crippen LogP contribution in [0, 0.1) is 34.6 Å². The third-order valence-electron chi connectivity index (χ3n) is 5.74. The van der Waals surface area contributed by atoms with Crippen molar-refractivity contribution in [2.24, 2.45) is 0 Å². The molecule has 0 saturated heterocycles. The first-order valence-corrected chi connectivity index (χ1v) is 12.6. The van der Waals surface area contributed by atoms with Crippen LogP contribution in [0.4, 0.5) is 5.82 Å². The first-order chi connectivity index (χ1) is 15.3. The summed E-state index contributed by atoms with van der Waals surface area (Å²) in [6.45, 7) is 17.1. The Hall–Kier alpha value is -2.07. The van der Waals surface area contributed by atoms with Crippen molar-refractivity contribution in [3.05, 3.63) is 45.9 Å². The molecule has 2 heterocycles. The Kier molecular flexibility index (Phi) is 11.8. The maximum atomic E-state index is 6.23. The topological polar surface area (TPSA) is 56.7 Å². The third kappa shape index (κ3) is 6.48. The van der Waals surface area contributed by atoms with Crippen LogP contribution in [0.3, 0.4) is 0 Å². The molecular weight excluding hydrogens is 416 g/mol. The number of nitrogens with two attached hydrogens (primary N) is 1. The van der Waals surface area contributed by atoms with E-state index < -0.39 is 0 Å². The van der Waals surface area contributed by atoms with Gasteiger partial charge in [-0.3, -0.25) is 4.57 Å². The summed E-state index contributed by atoms with van der Waals surface area (Å²) >= 11 is 4.64. The quantitative estimate of drug-likeness (QED) is 0.301. The van der Waals surface area contributed by atoms with Gasteiger partial charge in [-0.2, -0.15) is 0 Å². The fourth-order valence-electron chi connectivity index (χ4n) is 4.41. The SMILES string of the molecule is CCCCCCC.CCc1c(C)n(-c2c(C)cc(C)cc2C)c2nc(C)nc(N)c12.CCl. The van der Waals surface area contributed by atoms with E-state index in [4.69, 9.17) is 10.7 Å². The van der Waals surface area contributed by atoms with Gasteiger partial charge in [0.05, 0.1) is 11.1 Å². The van der Waals surface area contributed by atoms with Crippen LogP contribution < -0.4 is 5.73 Å². The fraction of sp³-hybridized carbons (Fsp3) is 0.556. The van der Waals surface area contributed by atoms with Gasteiger partial charge in [-0.05, 0) is 57.7 Å². The van der Waals surface area contributed by atoms with Crippen LogP contribution in [-0.2, 0) is 6.42 Å². The highest BCUT2D eigenvalue weighted by molar-refractivity contribution is 6.15. The second-order valence-electron chi connectivity index (χ2n) is 8.42. The Bertz CT molecular complexity index is 978. The average Bonchev–Trinajstić information content (AvgIpc) is 3.01. The highest BCUT2D eigenvalue weighted by Gasteiger charge is 2.20. The zero-order chi connectivity index (χ0) is 24.4. The van der Waals surface area contributed by atoms with Gasteiger partial charge in [0.2, 0.25) is 0 Å². The number of hydrogen-bond acceptors (Lipinski definition) is 3. The minimum atomic E-state index is 0.577. The van der Waals surface area contributed by atoms with E-state index >= 15 is 0 Å². The van der Waals surface area contributed by atoms with Crippen molar-refractivity contribution in [3.63, 3.8) is 0 Å². The van der Waals surface area contributed by atoms with E-state index in [1.807, 2.05) is 6.92 Å². The van der Waals surface area contributed by atoms with E-state index in [1.165, 1.54) is 72.1 Å². The molecule has 0 amide bonds. The summed E-state index contributed by atoms with van der Waals surface area (Å²) in [7, 11) is 0. The largest absolute Gasteiger partial charge is 0.383 e. The molecule has 32 heavy (non-hydrogen) atoms. The van der Waals surface area contributed by atoms with Crippen LogP contribution in [0.5, 0.6) is 0 Å². The maximum absolute atomic E-state index is 6.23. The molecule has 4 nitrogen and oxygen atoms in total. The van der Waals surface area contributed by atoms with Crippen molar-refractivity contribution in [2.45, 2.75) is 93.9 Å². The molecule has 0 aliphatic carbocycles. The van der Waals surface area contributed by atoms with Gasteiger partial charge < -0.3 is 5.73 Å². The predicted molar refractivity (Wildman–Crippen MR) is 143 cm³/mol. The van der Waals surface area contributed by atoms with E-state index in [-0.39, 0.29) is 0 Å². The second kappa shape index (κ2) is 13.5. The molecule has 178 valence electrons. The van der Waals surface area contributed by atoms with E-state index in [0.717, 1.165) is 17.5 Å². The molecule has 2 aromatic heterocycles. The molecule has 2 N–H and O–H groups in total. The lowest BCUT2D eigenvalue weighted by atomic mass is 10.0. The first-order valence-electron chi connectivity index (χ1n) is 11.9. The number of fused-ring (bicyclic) bond motifs is 1. The Morgan fingerprint density at radius 2 is 1.38 bits per heavy atom. The first kappa shape index (κ1) is 28.0. The van der Waals surface area contributed by atoms with Crippen LogP contribution in [0.25, 0.3) is 16.7 Å². The number of unbranched alkanes of at least 4 members (excludes halogenated alkanes) is 4. The molecule has 0 aliphatic rings. The molecule has 0 fully saturated rings. The van der Waals surface area contributed by atoms with Crippen molar-refractivity contribution >= 4 is 28.5 Å². The second-order valence-corrected chi connectivity index (χ2v) is 8.42. The van der Waals surface area contributed by atoms with Gasteiger partial charge in [0.25, 0.3) is 0 Å². The third-order valence-corrected chi connectivity index (χ3v) is 5.74. The zero-order valence-corrected chi connectivity index (χ0v) is 22.5. The lowest BCUT2D eigenvalue weighted by Crippen LogP contribution is -2.05. The van der Waals surface area contributed by atoms with Crippen molar-refractivity contribution in [3.8, 4) is 5.69 Å². The number of alkyl halides is 1. The summed E-state index contributed by atoms with van der Waals surface area (Å²) in [5.41, 5.74) is 14.6. The summed E-state index contributed by atoms with van der Waals surface area (Å²) in [5.74, 6) is 1.28. The lowest BCUT2D eigenvalue weighted by Gasteiger charge is -2.16. The average molecular weight is 459 g/mol. The van der Waals surface area contributed by atoms with Crippen LogP contribution in [0.2, 0.25) is 0 Å². The van der Waals surface area contributed by atoms with Gasteiger partial charge in [-0.25, -0.2) is 9.97 Å². The van der Waals surface area contributed by atoms with E-state index in [1.54, 1.807) is 0 Å². The summed E-state index contributed by atoms with van der Waals surface area (Å²) < 4.78 is 2.25. The molecule has 5 heteroatoms. The zero-order valence-electron chi connectivity index (χ0n) is 21.7. The number of hydrogen-bond donors (Lipinski definition) is 1. The highest BCUT2D eigenvalue weighted by Crippen LogP contribution is 2.34. The molecule has 0 saturated carbocycles. The Morgan fingerprint density at radius 3 is 1.84 bits per heavy atom.